The van der Waals surface area contributed by atoms with Crippen LogP contribution in [0, 0.1) is 0 Å². The van der Waals surface area contributed by atoms with Gasteiger partial charge in [0.2, 0.25) is 0 Å². The van der Waals surface area contributed by atoms with Crippen LogP contribution in [0.15, 0.2) is 95.9 Å². The van der Waals surface area contributed by atoms with Gasteiger partial charge in [-0.25, -0.2) is 9.59 Å². The van der Waals surface area contributed by atoms with Gasteiger partial charge in [-0.15, -0.1) is 12.4 Å². The first-order valence-corrected chi connectivity index (χ1v) is 14.4. The molecule has 9 heteroatoms. The predicted octanol–water partition coefficient (Wildman–Crippen LogP) is 6.17. The normalized spacial score (nSPS) is 13.9. The molecule has 0 unspecified atom stereocenters. The molecule has 1 aliphatic heterocycles. The highest BCUT2D eigenvalue weighted by Crippen LogP contribution is 2.25. The second kappa shape index (κ2) is 13.7. The summed E-state index contributed by atoms with van der Waals surface area (Å²) in [5, 5.41) is 1.16. The van der Waals surface area contributed by atoms with Crippen LogP contribution in [0.3, 0.4) is 0 Å². The molecule has 0 bridgehead atoms. The summed E-state index contributed by atoms with van der Waals surface area (Å²) in [6.45, 7) is 3.90. The molecule has 2 aromatic heterocycles. The number of likely N-dealkylation sites (tertiary alicyclic amines) is 1. The molecule has 8 nitrogen and oxygen atoms in total. The van der Waals surface area contributed by atoms with Crippen LogP contribution in [-0.4, -0.2) is 56.7 Å². The van der Waals surface area contributed by atoms with Crippen molar-refractivity contribution in [3.05, 3.63) is 113 Å². The number of imidazole rings is 1. The Morgan fingerprint density at radius 1 is 0.929 bits per heavy atom. The molecule has 1 fully saturated rings. The van der Waals surface area contributed by atoms with E-state index in [9.17, 15) is 9.59 Å². The number of aromatic amines is 1. The summed E-state index contributed by atoms with van der Waals surface area (Å²) in [5.41, 5.74) is 5.15. The van der Waals surface area contributed by atoms with Crippen molar-refractivity contribution in [2.24, 2.45) is 0 Å². The van der Waals surface area contributed by atoms with Crippen LogP contribution in [0.4, 0.5) is 4.79 Å². The van der Waals surface area contributed by atoms with Gasteiger partial charge in [-0.05, 0) is 54.7 Å². The smallest absolute Gasteiger partial charge is 0.409 e. The summed E-state index contributed by atoms with van der Waals surface area (Å²) in [7, 11) is 0. The van der Waals surface area contributed by atoms with Gasteiger partial charge in [-0.3, -0.25) is 14.5 Å². The van der Waals surface area contributed by atoms with Gasteiger partial charge in [0.25, 0.3) is 0 Å². The van der Waals surface area contributed by atoms with E-state index < -0.39 is 0 Å². The fourth-order valence-corrected chi connectivity index (χ4v) is 5.87. The molecule has 1 N–H and O–H groups in total. The monoisotopic (exact) mass is 585 g/mol. The van der Waals surface area contributed by atoms with Crippen LogP contribution in [0.1, 0.15) is 36.4 Å². The van der Waals surface area contributed by atoms with Gasteiger partial charge < -0.3 is 14.6 Å². The molecule has 0 atom stereocenters. The van der Waals surface area contributed by atoms with Crippen LogP contribution in [-0.2, 0) is 17.8 Å². The number of aromatic nitrogens is 3. The maximum absolute atomic E-state index is 12.9. The molecule has 1 amide bonds. The van der Waals surface area contributed by atoms with Crippen LogP contribution in [0.5, 0.6) is 0 Å². The number of benzene rings is 3. The third-order valence-electron chi connectivity index (χ3n) is 7.94. The molecular formula is C33H36ClN5O3. The molecule has 218 valence electrons. The van der Waals surface area contributed by atoms with Gasteiger partial charge in [0.05, 0.1) is 23.2 Å². The minimum atomic E-state index is -0.274. The van der Waals surface area contributed by atoms with E-state index in [4.69, 9.17) is 4.74 Å². The number of pyridine rings is 1. The summed E-state index contributed by atoms with van der Waals surface area (Å²) in [5.74, 6) is 0. The number of carbonyl (C=O) groups excluding carboxylic acids is 1. The number of piperidine rings is 1. The Hall–Kier alpha value is -4.14. The van der Waals surface area contributed by atoms with Gasteiger partial charge in [0.1, 0.15) is 0 Å². The Morgan fingerprint density at radius 2 is 1.67 bits per heavy atom. The van der Waals surface area contributed by atoms with Crippen molar-refractivity contribution < 1.29 is 9.53 Å². The fraction of sp³-hybridized carbons (Fsp3) is 0.303. The zero-order chi connectivity index (χ0) is 28.0. The van der Waals surface area contributed by atoms with E-state index in [1.807, 2.05) is 53.2 Å². The van der Waals surface area contributed by atoms with Crippen LogP contribution in [0.25, 0.3) is 21.9 Å². The maximum Gasteiger partial charge on any atom is 0.409 e. The van der Waals surface area contributed by atoms with Crippen molar-refractivity contribution >= 4 is 40.4 Å². The van der Waals surface area contributed by atoms with E-state index in [2.05, 4.69) is 57.3 Å². The lowest BCUT2D eigenvalue weighted by Gasteiger charge is -2.32. The van der Waals surface area contributed by atoms with Gasteiger partial charge in [0, 0.05) is 50.3 Å². The van der Waals surface area contributed by atoms with Crippen molar-refractivity contribution in [2.75, 3.05) is 26.2 Å². The molecule has 1 saturated heterocycles. The lowest BCUT2D eigenvalue weighted by molar-refractivity contribution is 0.0841. The Kier molecular flexibility index (Phi) is 9.56. The highest BCUT2D eigenvalue weighted by Gasteiger charge is 2.26. The molecule has 5 aromatic rings. The van der Waals surface area contributed by atoms with Crippen LogP contribution >= 0.6 is 12.4 Å². The zero-order valence-electron chi connectivity index (χ0n) is 23.5. The van der Waals surface area contributed by atoms with Gasteiger partial charge in [0.15, 0.2) is 0 Å². The number of halogens is 1. The van der Waals surface area contributed by atoms with Crippen molar-refractivity contribution in [3.63, 3.8) is 0 Å². The summed E-state index contributed by atoms with van der Waals surface area (Å²) < 4.78 is 7.54. The molecule has 0 spiro atoms. The number of carbonyl (C=O) groups is 1. The van der Waals surface area contributed by atoms with E-state index >= 15 is 0 Å². The summed E-state index contributed by atoms with van der Waals surface area (Å²) in [6.07, 6.45) is 3.79. The standard InChI is InChI=1S/C33H35N5O3.ClH/c39-32-35-30-13-6-7-14-31(30)38(32)27-16-20-37(21-17-27)33(40)41-22-8-19-36(23-25-9-2-1-3-10-25)24-26-15-18-34-29-12-5-4-11-28(26)29;/h1-7,9-15,18,27H,8,16-17,19-24H2,(H,35,39);1H. The fourth-order valence-electron chi connectivity index (χ4n) is 5.87. The third kappa shape index (κ3) is 6.66. The first kappa shape index (κ1) is 29.4. The first-order valence-electron chi connectivity index (χ1n) is 14.4. The van der Waals surface area contributed by atoms with Crippen molar-refractivity contribution in [1.82, 2.24) is 24.3 Å². The number of hydrogen-bond acceptors (Lipinski definition) is 5. The SMILES string of the molecule is Cl.O=C(OCCCN(Cc1ccccc1)Cc1ccnc2ccccc12)N1CCC(n2c(=O)[nH]c3ccccc32)CC1. The average Bonchev–Trinajstić information content (AvgIpc) is 3.35. The van der Waals surface area contributed by atoms with Crippen molar-refractivity contribution in [2.45, 2.75) is 38.4 Å². The molecule has 3 aromatic carbocycles. The topological polar surface area (TPSA) is 83.5 Å². The van der Waals surface area contributed by atoms with E-state index in [0.29, 0.717) is 19.7 Å². The molecule has 1 aliphatic rings. The zero-order valence-corrected chi connectivity index (χ0v) is 24.3. The van der Waals surface area contributed by atoms with E-state index in [1.54, 1.807) is 4.90 Å². The lowest BCUT2D eigenvalue weighted by atomic mass is 10.0. The highest BCUT2D eigenvalue weighted by atomic mass is 35.5. The predicted molar refractivity (Wildman–Crippen MR) is 168 cm³/mol. The van der Waals surface area contributed by atoms with Gasteiger partial charge in [-0.2, -0.15) is 0 Å². The summed E-state index contributed by atoms with van der Waals surface area (Å²) in [4.78, 5) is 37.0. The van der Waals surface area contributed by atoms with E-state index in [-0.39, 0.29) is 30.2 Å². The molecule has 42 heavy (non-hydrogen) atoms. The summed E-state index contributed by atoms with van der Waals surface area (Å²) >= 11 is 0. The number of nitrogens with one attached hydrogen (secondary N) is 1. The quantitative estimate of drug-likeness (QED) is 0.209. The van der Waals surface area contributed by atoms with E-state index in [1.165, 1.54) is 11.1 Å². The van der Waals surface area contributed by atoms with Crippen LogP contribution in [0.2, 0.25) is 0 Å². The van der Waals surface area contributed by atoms with Crippen LogP contribution < -0.4 is 5.69 Å². The average molecular weight is 586 g/mol. The third-order valence-corrected chi connectivity index (χ3v) is 7.94. The number of hydrogen-bond donors (Lipinski definition) is 1. The number of nitrogens with zero attached hydrogens (tertiary/aromatic N) is 4. The lowest BCUT2D eigenvalue weighted by Crippen LogP contribution is -2.41. The Labute approximate surface area is 251 Å². The molecule has 0 radical (unpaired) electrons. The number of ether oxygens (including phenoxy) is 1. The second-order valence-corrected chi connectivity index (χ2v) is 10.7. The number of H-pyrrole nitrogens is 1. The molecule has 3 heterocycles. The molecular weight excluding hydrogens is 550 g/mol. The number of para-hydroxylation sites is 3. The van der Waals surface area contributed by atoms with Gasteiger partial charge >= 0.3 is 11.8 Å². The van der Waals surface area contributed by atoms with Gasteiger partial charge in [-0.1, -0.05) is 60.7 Å². The number of rotatable bonds is 9. The molecule has 0 aliphatic carbocycles. The Balaban J connectivity index is 0.00000353. The van der Waals surface area contributed by atoms with Crippen molar-refractivity contribution in [3.8, 4) is 0 Å². The Morgan fingerprint density at radius 3 is 2.50 bits per heavy atom. The maximum atomic E-state index is 12.9. The largest absolute Gasteiger partial charge is 0.449 e. The first-order chi connectivity index (χ1) is 20.2. The number of fused-ring (bicyclic) bond motifs is 2. The minimum Gasteiger partial charge on any atom is -0.449 e. The van der Waals surface area contributed by atoms with Crippen molar-refractivity contribution in [1.29, 1.82) is 0 Å². The molecule has 6 rings (SSSR count). The second-order valence-electron chi connectivity index (χ2n) is 10.7. The highest BCUT2D eigenvalue weighted by molar-refractivity contribution is 5.85. The summed E-state index contributed by atoms with van der Waals surface area (Å²) in [6, 6.07) is 28.6. The minimum absolute atomic E-state index is 0. The van der Waals surface area contributed by atoms with E-state index in [0.717, 1.165) is 60.8 Å². The molecule has 0 saturated carbocycles. The Bertz CT molecular complexity index is 1670. The number of amides is 1.